The third-order valence-corrected chi connectivity index (χ3v) is 2.76. The Morgan fingerprint density at radius 3 is 2.38 bits per heavy atom. The van der Waals surface area contributed by atoms with E-state index in [-0.39, 0.29) is 6.61 Å². The Hall–Kier alpha value is -2.53. The van der Waals surface area contributed by atoms with Crippen LogP contribution in [-0.2, 0) is 11.3 Å². The first kappa shape index (κ1) is 14.9. The summed E-state index contributed by atoms with van der Waals surface area (Å²) in [6, 6.07) is 16.6. The Morgan fingerprint density at radius 1 is 1.00 bits per heavy atom. The van der Waals surface area contributed by atoms with E-state index >= 15 is 0 Å². The fourth-order valence-electron chi connectivity index (χ4n) is 1.69. The summed E-state index contributed by atoms with van der Waals surface area (Å²) < 4.78 is 10.4. The molecule has 0 aromatic heterocycles. The molecule has 1 amide bonds. The minimum absolute atomic E-state index is 0.182. The number of para-hydroxylation sites is 1. The molecule has 2 aromatic carbocycles. The number of rotatable bonds is 6. The maximum absolute atomic E-state index is 11.6. The summed E-state index contributed by atoms with van der Waals surface area (Å²) in [5.74, 6) is 0.749. The standard InChI is InChI=1S/C16H18N2O3/c17-12-13-6-8-14(9-7-13)18-16(19)21-11-10-20-15-4-2-1-3-5-15/h1-9H,10-12,17H2,(H,18,19). The Morgan fingerprint density at radius 2 is 1.71 bits per heavy atom. The third-order valence-electron chi connectivity index (χ3n) is 2.76. The summed E-state index contributed by atoms with van der Waals surface area (Å²) in [4.78, 5) is 11.6. The van der Waals surface area contributed by atoms with Crippen molar-refractivity contribution in [3.63, 3.8) is 0 Å². The van der Waals surface area contributed by atoms with E-state index in [0.717, 1.165) is 11.3 Å². The number of nitrogens with two attached hydrogens (primary N) is 1. The molecule has 5 heteroatoms. The van der Waals surface area contributed by atoms with E-state index in [9.17, 15) is 4.79 Å². The zero-order chi connectivity index (χ0) is 14.9. The molecule has 0 atom stereocenters. The van der Waals surface area contributed by atoms with E-state index in [1.165, 1.54) is 0 Å². The van der Waals surface area contributed by atoms with Gasteiger partial charge in [-0.25, -0.2) is 4.79 Å². The first-order valence-corrected chi connectivity index (χ1v) is 6.68. The lowest BCUT2D eigenvalue weighted by atomic mass is 10.2. The van der Waals surface area contributed by atoms with Crippen molar-refractivity contribution in [3.05, 3.63) is 60.2 Å². The van der Waals surface area contributed by atoms with Crippen molar-refractivity contribution in [1.29, 1.82) is 0 Å². The monoisotopic (exact) mass is 286 g/mol. The summed E-state index contributed by atoms with van der Waals surface area (Å²) in [5, 5.41) is 2.63. The second-order valence-corrected chi connectivity index (χ2v) is 4.32. The van der Waals surface area contributed by atoms with E-state index < -0.39 is 6.09 Å². The van der Waals surface area contributed by atoms with Crippen LogP contribution >= 0.6 is 0 Å². The second kappa shape index (κ2) is 7.91. The van der Waals surface area contributed by atoms with Crippen molar-refractivity contribution in [2.75, 3.05) is 18.5 Å². The van der Waals surface area contributed by atoms with E-state index in [1.807, 2.05) is 42.5 Å². The smallest absolute Gasteiger partial charge is 0.411 e. The lowest BCUT2D eigenvalue weighted by molar-refractivity contribution is 0.138. The highest BCUT2D eigenvalue weighted by Crippen LogP contribution is 2.10. The highest BCUT2D eigenvalue weighted by atomic mass is 16.6. The van der Waals surface area contributed by atoms with Crippen LogP contribution in [0.4, 0.5) is 10.5 Å². The van der Waals surface area contributed by atoms with Crippen LogP contribution in [0.25, 0.3) is 0 Å². The van der Waals surface area contributed by atoms with Crippen molar-refractivity contribution >= 4 is 11.8 Å². The Kier molecular flexibility index (Phi) is 5.60. The molecule has 0 unspecified atom stereocenters. The molecule has 2 aromatic rings. The van der Waals surface area contributed by atoms with Crippen molar-refractivity contribution in [2.24, 2.45) is 5.73 Å². The van der Waals surface area contributed by atoms with Gasteiger partial charge in [-0.2, -0.15) is 0 Å². The van der Waals surface area contributed by atoms with E-state index in [2.05, 4.69) is 5.32 Å². The predicted molar refractivity (Wildman–Crippen MR) is 81.2 cm³/mol. The van der Waals surface area contributed by atoms with Crippen LogP contribution in [0.2, 0.25) is 0 Å². The predicted octanol–water partition coefficient (Wildman–Crippen LogP) is 2.77. The number of benzene rings is 2. The second-order valence-electron chi connectivity index (χ2n) is 4.32. The van der Waals surface area contributed by atoms with Gasteiger partial charge in [0.2, 0.25) is 0 Å². The molecule has 0 fully saturated rings. The first-order valence-electron chi connectivity index (χ1n) is 6.68. The number of anilines is 1. The Labute approximate surface area is 123 Å². The van der Waals surface area contributed by atoms with Crippen LogP contribution in [0.1, 0.15) is 5.56 Å². The number of hydrogen-bond donors (Lipinski definition) is 2. The van der Waals surface area contributed by atoms with Gasteiger partial charge < -0.3 is 15.2 Å². The van der Waals surface area contributed by atoms with Gasteiger partial charge in [-0.05, 0) is 29.8 Å². The molecule has 21 heavy (non-hydrogen) atoms. The molecule has 0 heterocycles. The lowest BCUT2D eigenvalue weighted by Gasteiger charge is -2.08. The summed E-state index contributed by atoms with van der Waals surface area (Å²) in [6.45, 7) is 0.965. The van der Waals surface area contributed by atoms with Crippen LogP contribution < -0.4 is 15.8 Å². The van der Waals surface area contributed by atoms with Gasteiger partial charge in [-0.15, -0.1) is 0 Å². The highest BCUT2D eigenvalue weighted by molar-refractivity contribution is 5.84. The van der Waals surface area contributed by atoms with Crippen molar-refractivity contribution in [3.8, 4) is 5.75 Å². The van der Waals surface area contributed by atoms with Gasteiger partial charge in [0.15, 0.2) is 0 Å². The fraction of sp³-hybridized carbons (Fsp3) is 0.188. The van der Waals surface area contributed by atoms with Gasteiger partial charge in [0.25, 0.3) is 0 Å². The zero-order valence-electron chi connectivity index (χ0n) is 11.6. The highest BCUT2D eigenvalue weighted by Gasteiger charge is 2.03. The molecular formula is C16H18N2O3. The van der Waals surface area contributed by atoms with E-state index in [1.54, 1.807) is 12.1 Å². The summed E-state index contributed by atoms with van der Waals surface area (Å²) in [6.07, 6.45) is -0.507. The SMILES string of the molecule is NCc1ccc(NC(=O)OCCOc2ccccc2)cc1. The van der Waals surface area contributed by atoms with Crippen LogP contribution in [0.15, 0.2) is 54.6 Å². The normalized spacial score (nSPS) is 9.95. The molecule has 0 aliphatic heterocycles. The first-order chi connectivity index (χ1) is 10.3. The van der Waals surface area contributed by atoms with E-state index in [0.29, 0.717) is 18.8 Å². The average Bonchev–Trinajstić information content (AvgIpc) is 2.53. The molecule has 0 bridgehead atoms. The Bertz CT molecular complexity index is 555. The maximum Gasteiger partial charge on any atom is 0.411 e. The van der Waals surface area contributed by atoms with Gasteiger partial charge in [-0.3, -0.25) is 5.32 Å². The molecule has 5 nitrogen and oxygen atoms in total. The molecule has 0 aliphatic rings. The van der Waals surface area contributed by atoms with Gasteiger partial charge >= 0.3 is 6.09 Å². The molecule has 0 saturated heterocycles. The van der Waals surface area contributed by atoms with E-state index in [4.69, 9.17) is 15.2 Å². The van der Waals surface area contributed by atoms with Crippen LogP contribution in [0, 0.1) is 0 Å². The molecular weight excluding hydrogens is 268 g/mol. The Balaban J connectivity index is 1.67. The molecule has 2 rings (SSSR count). The van der Waals surface area contributed by atoms with Crippen LogP contribution in [0.5, 0.6) is 5.75 Å². The number of carbonyl (C=O) groups excluding carboxylic acids is 1. The largest absolute Gasteiger partial charge is 0.490 e. The summed E-state index contributed by atoms with van der Waals surface area (Å²) in [7, 11) is 0. The molecule has 0 radical (unpaired) electrons. The van der Waals surface area contributed by atoms with Crippen LogP contribution in [-0.4, -0.2) is 19.3 Å². The zero-order valence-corrected chi connectivity index (χ0v) is 11.6. The molecule has 0 saturated carbocycles. The van der Waals surface area contributed by atoms with Gasteiger partial charge in [0, 0.05) is 12.2 Å². The molecule has 0 aliphatic carbocycles. The topological polar surface area (TPSA) is 73.6 Å². The van der Waals surface area contributed by atoms with Crippen molar-refractivity contribution < 1.29 is 14.3 Å². The number of carbonyl (C=O) groups is 1. The molecule has 3 N–H and O–H groups in total. The minimum atomic E-state index is -0.507. The quantitative estimate of drug-likeness (QED) is 0.801. The average molecular weight is 286 g/mol. The fourth-order valence-corrected chi connectivity index (χ4v) is 1.69. The minimum Gasteiger partial charge on any atom is -0.490 e. The number of hydrogen-bond acceptors (Lipinski definition) is 4. The van der Waals surface area contributed by atoms with Gasteiger partial charge in [-0.1, -0.05) is 30.3 Å². The summed E-state index contributed by atoms with van der Waals surface area (Å²) >= 11 is 0. The van der Waals surface area contributed by atoms with Gasteiger partial charge in [0.05, 0.1) is 0 Å². The van der Waals surface area contributed by atoms with Crippen molar-refractivity contribution in [1.82, 2.24) is 0 Å². The van der Waals surface area contributed by atoms with Crippen molar-refractivity contribution in [2.45, 2.75) is 6.54 Å². The summed E-state index contributed by atoms with van der Waals surface area (Å²) in [5.41, 5.74) is 7.18. The van der Waals surface area contributed by atoms with Gasteiger partial charge in [0.1, 0.15) is 19.0 Å². The molecule has 110 valence electrons. The molecule has 0 spiro atoms. The van der Waals surface area contributed by atoms with Crippen LogP contribution in [0.3, 0.4) is 0 Å². The lowest BCUT2D eigenvalue weighted by Crippen LogP contribution is -2.17. The number of ether oxygens (including phenoxy) is 2. The number of amides is 1. The third kappa shape index (κ3) is 5.16. The maximum atomic E-state index is 11.6. The number of nitrogens with one attached hydrogen (secondary N) is 1.